The molecule has 2 rings (SSSR count). The van der Waals surface area contributed by atoms with Gasteiger partial charge in [0.25, 0.3) is 0 Å². The number of sulfonamides is 1. The van der Waals surface area contributed by atoms with Gasteiger partial charge in [0.2, 0.25) is 15.9 Å². The Morgan fingerprint density at radius 1 is 1.22 bits per heavy atom. The van der Waals surface area contributed by atoms with Crippen LogP contribution in [0.25, 0.3) is 0 Å². The molecule has 1 atom stereocenters. The van der Waals surface area contributed by atoms with Crippen molar-refractivity contribution < 1.29 is 17.6 Å². The highest BCUT2D eigenvalue weighted by atomic mass is 32.2. The van der Waals surface area contributed by atoms with Crippen molar-refractivity contribution in [3.05, 3.63) is 30.1 Å². The van der Waals surface area contributed by atoms with Gasteiger partial charge in [0.1, 0.15) is 11.9 Å². The fourth-order valence-corrected chi connectivity index (χ4v) is 4.33. The van der Waals surface area contributed by atoms with E-state index in [1.807, 2.05) is 0 Å². The van der Waals surface area contributed by atoms with Crippen molar-refractivity contribution in [1.82, 2.24) is 4.90 Å². The second-order valence-corrected chi connectivity index (χ2v) is 7.96. The molecule has 1 amide bonds. The second kappa shape index (κ2) is 6.86. The first-order valence-electron chi connectivity index (χ1n) is 7.73. The molecular weight excluding hydrogens is 319 g/mol. The summed E-state index contributed by atoms with van der Waals surface area (Å²) in [4.78, 5) is 14.4. The molecule has 23 heavy (non-hydrogen) atoms. The van der Waals surface area contributed by atoms with Crippen molar-refractivity contribution >= 4 is 21.6 Å². The van der Waals surface area contributed by atoms with Gasteiger partial charge in [0, 0.05) is 13.1 Å². The molecule has 0 bridgehead atoms. The maximum atomic E-state index is 13.1. The van der Waals surface area contributed by atoms with Crippen molar-refractivity contribution in [2.24, 2.45) is 0 Å². The minimum Gasteiger partial charge on any atom is -0.341 e. The molecule has 1 aliphatic rings. The summed E-state index contributed by atoms with van der Waals surface area (Å²) in [5.74, 6) is -0.698. The van der Waals surface area contributed by atoms with Gasteiger partial charge in [-0.3, -0.25) is 9.10 Å². The quantitative estimate of drug-likeness (QED) is 0.825. The van der Waals surface area contributed by atoms with Crippen molar-refractivity contribution in [2.75, 3.05) is 17.6 Å². The van der Waals surface area contributed by atoms with Crippen LogP contribution in [0.4, 0.5) is 10.1 Å². The van der Waals surface area contributed by atoms with E-state index in [-0.39, 0.29) is 17.6 Å². The molecular formula is C16H23FN2O3S. The molecule has 0 aliphatic heterocycles. The highest BCUT2D eigenvalue weighted by molar-refractivity contribution is 7.92. The predicted octanol–water partition coefficient (Wildman–Crippen LogP) is 2.38. The van der Waals surface area contributed by atoms with E-state index in [1.54, 1.807) is 18.9 Å². The molecule has 1 saturated carbocycles. The topological polar surface area (TPSA) is 57.7 Å². The van der Waals surface area contributed by atoms with Crippen LogP contribution in [0.1, 0.15) is 32.6 Å². The fraction of sp³-hybridized carbons (Fsp3) is 0.562. The molecule has 128 valence electrons. The molecule has 1 aromatic rings. The monoisotopic (exact) mass is 342 g/mol. The number of carbonyl (C=O) groups is 1. The van der Waals surface area contributed by atoms with Gasteiger partial charge in [0.05, 0.1) is 11.9 Å². The lowest BCUT2D eigenvalue weighted by Gasteiger charge is -2.33. The maximum absolute atomic E-state index is 13.1. The predicted molar refractivity (Wildman–Crippen MR) is 88.2 cm³/mol. The minimum absolute atomic E-state index is 0.166. The van der Waals surface area contributed by atoms with E-state index in [0.717, 1.165) is 36.2 Å². The first kappa shape index (κ1) is 17.7. The van der Waals surface area contributed by atoms with Gasteiger partial charge in [-0.25, -0.2) is 12.8 Å². The zero-order chi connectivity index (χ0) is 17.2. The summed E-state index contributed by atoms with van der Waals surface area (Å²) in [5.41, 5.74) is 0.287. The maximum Gasteiger partial charge on any atom is 0.246 e. The van der Waals surface area contributed by atoms with E-state index in [1.165, 1.54) is 24.3 Å². The van der Waals surface area contributed by atoms with Gasteiger partial charge in [-0.05, 0) is 44.0 Å². The lowest BCUT2D eigenvalue weighted by Crippen LogP contribution is -2.50. The molecule has 5 nitrogen and oxygen atoms in total. The number of anilines is 1. The Morgan fingerprint density at radius 2 is 1.74 bits per heavy atom. The molecule has 0 N–H and O–H groups in total. The zero-order valence-corrected chi connectivity index (χ0v) is 14.5. The minimum atomic E-state index is -3.67. The second-order valence-electron chi connectivity index (χ2n) is 6.10. The standard InChI is InChI=1S/C16H23FN2O3S/c1-12(16(20)18(2)14-6-4-5-7-14)19(23(3,21)22)15-10-8-13(17)9-11-15/h8-12,14H,4-7H2,1-3H3/t12-/m1/s1. The summed E-state index contributed by atoms with van der Waals surface area (Å²) in [5, 5.41) is 0. The van der Waals surface area contributed by atoms with Crippen molar-refractivity contribution in [3.63, 3.8) is 0 Å². The van der Waals surface area contributed by atoms with Crippen LogP contribution in [0.3, 0.4) is 0 Å². The Balaban J connectivity index is 2.28. The van der Waals surface area contributed by atoms with E-state index < -0.39 is 21.9 Å². The van der Waals surface area contributed by atoms with Crippen LogP contribution >= 0.6 is 0 Å². The lowest BCUT2D eigenvalue weighted by atomic mass is 10.2. The molecule has 0 unspecified atom stereocenters. The molecule has 1 fully saturated rings. The van der Waals surface area contributed by atoms with Crippen LogP contribution in [-0.4, -0.2) is 44.6 Å². The Kier molecular flexibility index (Phi) is 5.29. The average Bonchev–Trinajstić information content (AvgIpc) is 3.00. The smallest absolute Gasteiger partial charge is 0.246 e. The fourth-order valence-electron chi connectivity index (χ4n) is 3.16. The zero-order valence-electron chi connectivity index (χ0n) is 13.7. The molecule has 0 saturated heterocycles. The van der Waals surface area contributed by atoms with Crippen LogP contribution < -0.4 is 4.31 Å². The summed E-state index contributed by atoms with van der Waals surface area (Å²) in [6, 6.07) is 4.41. The van der Waals surface area contributed by atoms with Gasteiger partial charge < -0.3 is 4.90 Å². The summed E-state index contributed by atoms with van der Waals surface area (Å²) < 4.78 is 38.5. The number of benzene rings is 1. The number of hydrogen-bond donors (Lipinski definition) is 0. The van der Waals surface area contributed by atoms with Gasteiger partial charge in [-0.15, -0.1) is 0 Å². The van der Waals surface area contributed by atoms with Crippen molar-refractivity contribution in [3.8, 4) is 0 Å². The Morgan fingerprint density at radius 3 is 2.22 bits per heavy atom. The molecule has 0 radical (unpaired) electrons. The highest BCUT2D eigenvalue weighted by Gasteiger charge is 2.33. The number of likely N-dealkylation sites (N-methyl/N-ethyl adjacent to an activating group) is 1. The number of amides is 1. The van der Waals surface area contributed by atoms with Gasteiger partial charge in [-0.2, -0.15) is 0 Å². The first-order chi connectivity index (χ1) is 10.7. The molecule has 7 heteroatoms. The van der Waals surface area contributed by atoms with Crippen molar-refractivity contribution in [2.45, 2.75) is 44.7 Å². The lowest BCUT2D eigenvalue weighted by molar-refractivity contribution is -0.132. The van der Waals surface area contributed by atoms with E-state index in [9.17, 15) is 17.6 Å². The number of carbonyl (C=O) groups excluding carboxylic acids is 1. The summed E-state index contributed by atoms with van der Waals surface area (Å²) in [6.07, 6.45) is 5.12. The third kappa shape index (κ3) is 4.02. The van der Waals surface area contributed by atoms with Gasteiger partial charge >= 0.3 is 0 Å². The third-order valence-electron chi connectivity index (χ3n) is 4.37. The number of nitrogens with zero attached hydrogens (tertiary/aromatic N) is 2. The summed E-state index contributed by atoms with van der Waals surface area (Å²) in [6.45, 7) is 1.57. The van der Waals surface area contributed by atoms with E-state index >= 15 is 0 Å². The Labute approximate surface area is 137 Å². The average molecular weight is 342 g/mol. The number of rotatable bonds is 5. The van der Waals surface area contributed by atoms with Crippen molar-refractivity contribution in [1.29, 1.82) is 0 Å². The first-order valence-corrected chi connectivity index (χ1v) is 9.58. The number of halogens is 1. The molecule has 0 aromatic heterocycles. The van der Waals surface area contributed by atoms with Crippen LogP contribution in [-0.2, 0) is 14.8 Å². The highest BCUT2D eigenvalue weighted by Crippen LogP contribution is 2.26. The molecule has 0 heterocycles. The normalized spacial score (nSPS) is 17.0. The summed E-state index contributed by atoms with van der Waals surface area (Å²) in [7, 11) is -1.95. The Hall–Kier alpha value is -1.63. The van der Waals surface area contributed by atoms with Gasteiger partial charge in [-0.1, -0.05) is 12.8 Å². The van der Waals surface area contributed by atoms with E-state index in [4.69, 9.17) is 0 Å². The Bertz CT molecular complexity index is 654. The van der Waals surface area contributed by atoms with E-state index in [2.05, 4.69) is 0 Å². The molecule has 0 spiro atoms. The molecule has 1 aromatic carbocycles. The van der Waals surface area contributed by atoms with Crippen LogP contribution in [0.2, 0.25) is 0 Å². The van der Waals surface area contributed by atoms with E-state index in [0.29, 0.717) is 0 Å². The van der Waals surface area contributed by atoms with Crippen LogP contribution in [0.5, 0.6) is 0 Å². The third-order valence-corrected chi connectivity index (χ3v) is 5.61. The van der Waals surface area contributed by atoms with Crippen LogP contribution in [0, 0.1) is 5.82 Å². The largest absolute Gasteiger partial charge is 0.341 e. The SMILES string of the molecule is C[C@H](C(=O)N(C)C1CCCC1)N(c1ccc(F)cc1)S(C)(=O)=O. The van der Waals surface area contributed by atoms with Gasteiger partial charge in [0.15, 0.2) is 0 Å². The number of hydrogen-bond acceptors (Lipinski definition) is 3. The van der Waals surface area contributed by atoms with Crippen LogP contribution in [0.15, 0.2) is 24.3 Å². The summed E-state index contributed by atoms with van der Waals surface area (Å²) >= 11 is 0. The molecule has 1 aliphatic carbocycles.